The van der Waals surface area contributed by atoms with Crippen LogP contribution in [0.5, 0.6) is 0 Å². The summed E-state index contributed by atoms with van der Waals surface area (Å²) in [6.45, 7) is 9.93. The molecule has 1 saturated heterocycles. The normalized spacial score (nSPS) is 25.7. The first-order valence-electron chi connectivity index (χ1n) is 12.2. The lowest BCUT2D eigenvalue weighted by molar-refractivity contribution is -0.0285. The molecule has 0 bridgehead atoms. The maximum absolute atomic E-state index is 12.5. The monoisotopic (exact) mass is 428 g/mol. The number of carbonyl (C=O) groups excluding carboxylic acids is 1. The van der Waals surface area contributed by atoms with Gasteiger partial charge in [0.05, 0.1) is 6.61 Å². The number of amides is 1. The summed E-state index contributed by atoms with van der Waals surface area (Å²) in [4.78, 5) is 14.4. The van der Waals surface area contributed by atoms with Crippen LogP contribution in [0.4, 0.5) is 4.79 Å². The first-order valence-corrected chi connectivity index (χ1v) is 12.2. The van der Waals surface area contributed by atoms with Gasteiger partial charge in [0.2, 0.25) is 0 Å². The van der Waals surface area contributed by atoms with Crippen LogP contribution in [0.1, 0.15) is 70.8 Å². The van der Waals surface area contributed by atoms with E-state index in [-0.39, 0.29) is 11.5 Å². The van der Waals surface area contributed by atoms with Crippen molar-refractivity contribution in [2.24, 2.45) is 11.3 Å². The Labute approximate surface area is 187 Å². The molecule has 0 radical (unpaired) electrons. The minimum absolute atomic E-state index is 0.103. The summed E-state index contributed by atoms with van der Waals surface area (Å²) in [5.41, 5.74) is 1.10. The Balaban J connectivity index is 1.30. The van der Waals surface area contributed by atoms with Gasteiger partial charge in [0.25, 0.3) is 0 Å². The van der Waals surface area contributed by atoms with E-state index in [9.17, 15) is 4.79 Å². The molecule has 31 heavy (non-hydrogen) atoms. The van der Waals surface area contributed by atoms with Crippen LogP contribution < -0.4 is 5.32 Å². The van der Waals surface area contributed by atoms with Crippen LogP contribution in [-0.4, -0.2) is 55.5 Å². The van der Waals surface area contributed by atoms with Gasteiger partial charge in [0.1, 0.15) is 5.60 Å². The number of nitrogens with one attached hydrogen (secondary N) is 1. The molecule has 1 aromatic rings. The second-order valence-corrected chi connectivity index (χ2v) is 11.0. The van der Waals surface area contributed by atoms with Crippen molar-refractivity contribution in [2.45, 2.75) is 76.9 Å². The Hall–Kier alpha value is -1.59. The first-order chi connectivity index (χ1) is 14.8. The lowest BCUT2D eigenvalue weighted by Crippen LogP contribution is -2.50. The third kappa shape index (κ3) is 6.23. The molecule has 1 aliphatic heterocycles. The Morgan fingerprint density at radius 3 is 2.48 bits per heavy atom. The number of carbonyl (C=O) groups is 1. The largest absolute Gasteiger partial charge is 0.444 e. The van der Waals surface area contributed by atoms with Crippen molar-refractivity contribution in [2.75, 3.05) is 32.8 Å². The Morgan fingerprint density at radius 2 is 1.87 bits per heavy atom. The molecule has 1 aromatic carbocycles. The van der Waals surface area contributed by atoms with Crippen LogP contribution >= 0.6 is 0 Å². The Bertz CT molecular complexity index is 718. The van der Waals surface area contributed by atoms with E-state index in [4.69, 9.17) is 9.47 Å². The van der Waals surface area contributed by atoms with Crippen molar-refractivity contribution in [1.82, 2.24) is 10.2 Å². The maximum Gasteiger partial charge on any atom is 0.410 e. The molecule has 1 amide bonds. The fraction of sp³-hybridized carbons (Fsp3) is 0.731. The number of ether oxygens (including phenoxy) is 2. The van der Waals surface area contributed by atoms with Crippen molar-refractivity contribution in [1.29, 1.82) is 0 Å². The summed E-state index contributed by atoms with van der Waals surface area (Å²) in [5, 5.41) is 3.85. The highest BCUT2D eigenvalue weighted by Crippen LogP contribution is 2.42. The molecule has 172 valence electrons. The Kier molecular flexibility index (Phi) is 6.92. The fourth-order valence-corrected chi connectivity index (χ4v) is 4.80. The molecule has 3 aliphatic rings. The number of likely N-dealkylation sites (tertiary alicyclic amines) is 1. The second kappa shape index (κ2) is 9.50. The smallest absolute Gasteiger partial charge is 0.410 e. The van der Waals surface area contributed by atoms with Gasteiger partial charge >= 0.3 is 6.09 Å². The average molecular weight is 429 g/mol. The molecule has 4 rings (SSSR count). The van der Waals surface area contributed by atoms with Crippen LogP contribution in [0.2, 0.25) is 0 Å². The topological polar surface area (TPSA) is 50.8 Å². The molecule has 2 saturated carbocycles. The summed E-state index contributed by atoms with van der Waals surface area (Å²) >= 11 is 0. The summed E-state index contributed by atoms with van der Waals surface area (Å²) in [7, 11) is 0. The number of hydrogen-bond donors (Lipinski definition) is 1. The highest BCUT2D eigenvalue weighted by molar-refractivity contribution is 5.68. The average Bonchev–Trinajstić information content (AvgIpc) is 3.48. The number of rotatable bonds is 8. The number of piperidine rings is 1. The zero-order valence-corrected chi connectivity index (χ0v) is 19.6. The van der Waals surface area contributed by atoms with E-state index in [1.54, 1.807) is 0 Å². The van der Waals surface area contributed by atoms with Crippen LogP contribution in [0.25, 0.3) is 0 Å². The van der Waals surface area contributed by atoms with Gasteiger partial charge in [-0.15, -0.1) is 0 Å². The number of nitrogens with zero attached hydrogens (tertiary/aromatic N) is 1. The predicted molar refractivity (Wildman–Crippen MR) is 123 cm³/mol. The molecular formula is C26H40N2O3. The third-order valence-corrected chi connectivity index (χ3v) is 7.22. The molecular weight excluding hydrogens is 388 g/mol. The van der Waals surface area contributed by atoms with Crippen molar-refractivity contribution in [3.8, 4) is 0 Å². The molecule has 5 heteroatoms. The van der Waals surface area contributed by atoms with Crippen LogP contribution in [-0.2, 0) is 9.47 Å². The lowest BCUT2D eigenvalue weighted by Gasteiger charge is -2.42. The van der Waals surface area contributed by atoms with Gasteiger partial charge in [-0.05, 0) is 64.4 Å². The summed E-state index contributed by atoms with van der Waals surface area (Å²) in [6.07, 6.45) is 6.95. The first kappa shape index (κ1) is 22.6. The van der Waals surface area contributed by atoms with Crippen molar-refractivity contribution in [3.63, 3.8) is 0 Å². The summed E-state index contributed by atoms with van der Waals surface area (Å²) in [5.74, 6) is 1.40. The van der Waals surface area contributed by atoms with Gasteiger partial charge in [-0.1, -0.05) is 36.8 Å². The second-order valence-electron chi connectivity index (χ2n) is 11.0. The minimum atomic E-state index is -0.447. The molecule has 0 aromatic heterocycles. The third-order valence-electron chi connectivity index (χ3n) is 7.22. The molecule has 3 fully saturated rings. The zero-order chi connectivity index (χ0) is 21.9. The van der Waals surface area contributed by atoms with Crippen LogP contribution in [0.15, 0.2) is 30.3 Å². The Morgan fingerprint density at radius 1 is 1.16 bits per heavy atom. The minimum Gasteiger partial charge on any atom is -0.444 e. The quantitative estimate of drug-likeness (QED) is 0.635. The van der Waals surface area contributed by atoms with Crippen LogP contribution in [0.3, 0.4) is 0 Å². The van der Waals surface area contributed by atoms with Gasteiger partial charge in [0.15, 0.2) is 0 Å². The van der Waals surface area contributed by atoms with Gasteiger partial charge < -0.3 is 19.7 Å². The number of benzene rings is 1. The van der Waals surface area contributed by atoms with E-state index >= 15 is 0 Å². The van der Waals surface area contributed by atoms with Gasteiger partial charge in [-0.2, -0.15) is 0 Å². The zero-order valence-electron chi connectivity index (χ0n) is 19.6. The van der Waals surface area contributed by atoms with E-state index in [2.05, 4.69) is 35.6 Å². The van der Waals surface area contributed by atoms with E-state index < -0.39 is 5.60 Å². The highest BCUT2D eigenvalue weighted by Gasteiger charge is 2.42. The molecule has 2 atom stereocenters. The summed E-state index contributed by atoms with van der Waals surface area (Å²) in [6, 6.07) is 11.4. The molecule has 0 spiro atoms. The van der Waals surface area contributed by atoms with E-state index in [1.165, 1.54) is 31.2 Å². The van der Waals surface area contributed by atoms with Gasteiger partial charge in [0, 0.05) is 43.6 Å². The maximum atomic E-state index is 12.5. The fourth-order valence-electron chi connectivity index (χ4n) is 4.80. The lowest BCUT2D eigenvalue weighted by atomic mass is 9.78. The standard InChI is InChI=1S/C26H40N2O3/c1-25(2,3)31-24(29)28-14-12-26(13-15-28,19-30-17-20-8-7-9-20)18-27-23-16-22(23)21-10-5-4-6-11-21/h4-6,10-11,20,22-23,27H,7-9,12-19H2,1-3H3. The van der Waals surface area contributed by atoms with Crippen LogP contribution in [0, 0.1) is 11.3 Å². The highest BCUT2D eigenvalue weighted by atomic mass is 16.6. The van der Waals surface area contributed by atoms with E-state index in [0.717, 1.165) is 51.6 Å². The molecule has 2 unspecified atom stereocenters. The van der Waals surface area contributed by atoms with Gasteiger partial charge in [-0.25, -0.2) is 4.79 Å². The molecule has 1 heterocycles. The predicted octanol–water partition coefficient (Wildman–Crippen LogP) is 4.97. The molecule has 2 aliphatic carbocycles. The van der Waals surface area contributed by atoms with Crippen molar-refractivity contribution in [3.05, 3.63) is 35.9 Å². The van der Waals surface area contributed by atoms with Gasteiger partial charge in [-0.3, -0.25) is 0 Å². The summed E-state index contributed by atoms with van der Waals surface area (Å²) < 4.78 is 11.8. The van der Waals surface area contributed by atoms with E-state index in [1.807, 2.05) is 25.7 Å². The van der Waals surface area contributed by atoms with Crippen molar-refractivity contribution < 1.29 is 14.3 Å². The van der Waals surface area contributed by atoms with Crippen molar-refractivity contribution >= 4 is 6.09 Å². The number of hydrogen-bond acceptors (Lipinski definition) is 4. The molecule has 5 nitrogen and oxygen atoms in total. The van der Waals surface area contributed by atoms with E-state index in [0.29, 0.717) is 12.0 Å². The molecule has 1 N–H and O–H groups in total. The SMILES string of the molecule is CC(C)(C)OC(=O)N1CCC(CNC2CC2c2ccccc2)(COCC2CCC2)CC1.